The summed E-state index contributed by atoms with van der Waals surface area (Å²) >= 11 is 0. The van der Waals surface area contributed by atoms with E-state index in [2.05, 4.69) is 20.3 Å². The van der Waals surface area contributed by atoms with Crippen molar-refractivity contribution in [3.05, 3.63) is 30.5 Å². The standard InChI is InChI=1S/C11H11N5O2/c17-10(18)8-5-16(6-13-8)9-3-4-12-11(15-9)14-7-1-2-7/h3-7H,1-2H2,(H,17,18)(H,12,14,15). The van der Waals surface area contributed by atoms with Crippen molar-refractivity contribution in [2.75, 3.05) is 5.32 Å². The fourth-order valence-electron chi connectivity index (χ4n) is 1.53. The number of anilines is 1. The van der Waals surface area contributed by atoms with E-state index in [9.17, 15) is 4.79 Å². The molecule has 2 aromatic heterocycles. The number of hydrogen-bond acceptors (Lipinski definition) is 5. The smallest absolute Gasteiger partial charge is 0.356 e. The second kappa shape index (κ2) is 4.10. The first kappa shape index (κ1) is 10.7. The number of rotatable bonds is 4. The molecule has 0 aliphatic heterocycles. The van der Waals surface area contributed by atoms with Crippen molar-refractivity contribution in [1.29, 1.82) is 0 Å². The van der Waals surface area contributed by atoms with Crippen LogP contribution in [0.5, 0.6) is 0 Å². The van der Waals surface area contributed by atoms with Gasteiger partial charge in [0.15, 0.2) is 5.69 Å². The Hall–Kier alpha value is -2.44. The van der Waals surface area contributed by atoms with Crippen molar-refractivity contribution in [3.63, 3.8) is 0 Å². The maximum absolute atomic E-state index is 10.7. The lowest BCUT2D eigenvalue weighted by atomic mass is 10.5. The maximum atomic E-state index is 10.7. The molecule has 18 heavy (non-hydrogen) atoms. The first-order valence-electron chi connectivity index (χ1n) is 5.59. The van der Waals surface area contributed by atoms with Gasteiger partial charge in [0.1, 0.15) is 12.1 Å². The SMILES string of the molecule is O=C(O)c1cn(-c2ccnc(NC3CC3)n2)cn1. The predicted octanol–water partition coefficient (Wildman–Crippen LogP) is 0.935. The summed E-state index contributed by atoms with van der Waals surface area (Å²) in [5.74, 6) is 0.0906. The lowest BCUT2D eigenvalue weighted by Gasteiger charge is -2.04. The average molecular weight is 245 g/mol. The van der Waals surface area contributed by atoms with Gasteiger partial charge in [-0.05, 0) is 18.9 Å². The van der Waals surface area contributed by atoms with Crippen molar-refractivity contribution >= 4 is 11.9 Å². The Morgan fingerprint density at radius 1 is 1.44 bits per heavy atom. The Balaban J connectivity index is 1.87. The van der Waals surface area contributed by atoms with E-state index in [0.717, 1.165) is 12.8 Å². The van der Waals surface area contributed by atoms with Crippen molar-refractivity contribution < 1.29 is 9.90 Å². The number of carboxylic acids is 1. The number of nitrogens with zero attached hydrogens (tertiary/aromatic N) is 4. The monoisotopic (exact) mass is 245 g/mol. The topological polar surface area (TPSA) is 92.9 Å². The first-order chi connectivity index (χ1) is 8.72. The molecule has 2 N–H and O–H groups in total. The number of aromatic nitrogens is 4. The Morgan fingerprint density at radius 3 is 2.94 bits per heavy atom. The molecule has 7 nitrogen and oxygen atoms in total. The molecule has 0 bridgehead atoms. The molecular weight excluding hydrogens is 234 g/mol. The molecule has 92 valence electrons. The highest BCUT2D eigenvalue weighted by atomic mass is 16.4. The van der Waals surface area contributed by atoms with Gasteiger partial charge >= 0.3 is 5.97 Å². The zero-order chi connectivity index (χ0) is 12.5. The van der Waals surface area contributed by atoms with Crippen LogP contribution < -0.4 is 5.32 Å². The lowest BCUT2D eigenvalue weighted by Crippen LogP contribution is -2.07. The summed E-state index contributed by atoms with van der Waals surface area (Å²) < 4.78 is 1.56. The van der Waals surface area contributed by atoms with E-state index in [0.29, 0.717) is 17.8 Å². The highest BCUT2D eigenvalue weighted by Gasteiger charge is 2.22. The van der Waals surface area contributed by atoms with Crippen molar-refractivity contribution in [1.82, 2.24) is 19.5 Å². The van der Waals surface area contributed by atoms with Crippen molar-refractivity contribution in [3.8, 4) is 5.82 Å². The van der Waals surface area contributed by atoms with E-state index in [1.54, 1.807) is 16.8 Å². The maximum Gasteiger partial charge on any atom is 0.356 e. The predicted molar refractivity (Wildman–Crippen MR) is 62.8 cm³/mol. The molecule has 0 amide bonds. The second-order valence-electron chi connectivity index (χ2n) is 4.13. The minimum Gasteiger partial charge on any atom is -0.476 e. The van der Waals surface area contributed by atoms with Gasteiger partial charge in [-0.3, -0.25) is 4.57 Å². The molecule has 3 rings (SSSR count). The summed E-state index contributed by atoms with van der Waals surface area (Å²) in [5.41, 5.74) is -0.00897. The van der Waals surface area contributed by atoms with E-state index in [1.165, 1.54) is 12.5 Å². The molecule has 0 unspecified atom stereocenters. The quantitative estimate of drug-likeness (QED) is 0.832. The zero-order valence-electron chi connectivity index (χ0n) is 9.45. The lowest BCUT2D eigenvalue weighted by molar-refractivity contribution is 0.0691. The Morgan fingerprint density at radius 2 is 2.28 bits per heavy atom. The molecule has 1 fully saturated rings. The summed E-state index contributed by atoms with van der Waals surface area (Å²) in [4.78, 5) is 22.9. The number of carboxylic acid groups (broad SMARTS) is 1. The molecular formula is C11H11N5O2. The first-order valence-corrected chi connectivity index (χ1v) is 5.59. The second-order valence-corrected chi connectivity index (χ2v) is 4.13. The fourth-order valence-corrected chi connectivity index (χ4v) is 1.53. The van der Waals surface area contributed by atoms with Gasteiger partial charge in [0.05, 0.1) is 0 Å². The van der Waals surface area contributed by atoms with Gasteiger partial charge in [-0.1, -0.05) is 0 Å². The molecule has 1 aliphatic carbocycles. The molecule has 1 aliphatic rings. The third-order valence-electron chi connectivity index (χ3n) is 2.62. The van der Waals surface area contributed by atoms with Crippen molar-refractivity contribution in [2.24, 2.45) is 0 Å². The largest absolute Gasteiger partial charge is 0.476 e. The van der Waals surface area contributed by atoms with Crippen LogP contribution in [0, 0.1) is 0 Å². The number of carbonyl (C=O) groups is 1. The van der Waals surface area contributed by atoms with Crippen LogP contribution in [0.15, 0.2) is 24.8 Å². The summed E-state index contributed by atoms with van der Waals surface area (Å²) in [6, 6.07) is 2.17. The molecule has 7 heteroatoms. The number of imidazole rings is 1. The minimum absolute atomic E-state index is 0.00897. The molecule has 0 aromatic carbocycles. The molecule has 0 atom stereocenters. The van der Waals surface area contributed by atoms with Crippen LogP contribution in [-0.2, 0) is 0 Å². The van der Waals surface area contributed by atoms with E-state index in [4.69, 9.17) is 5.11 Å². The third kappa shape index (κ3) is 2.15. The normalized spacial score (nSPS) is 14.4. The van der Waals surface area contributed by atoms with Crippen LogP contribution in [-0.4, -0.2) is 36.6 Å². The van der Waals surface area contributed by atoms with E-state index < -0.39 is 5.97 Å². The number of hydrogen-bond donors (Lipinski definition) is 2. The van der Waals surface area contributed by atoms with E-state index >= 15 is 0 Å². The summed E-state index contributed by atoms with van der Waals surface area (Å²) in [6.07, 6.45) is 6.76. The van der Waals surface area contributed by atoms with Gasteiger partial charge in [0, 0.05) is 18.4 Å². The molecule has 0 spiro atoms. The van der Waals surface area contributed by atoms with E-state index in [1.807, 2.05) is 0 Å². The zero-order valence-corrected chi connectivity index (χ0v) is 9.45. The van der Waals surface area contributed by atoms with Crippen LogP contribution in [0.2, 0.25) is 0 Å². The summed E-state index contributed by atoms with van der Waals surface area (Å²) in [5, 5.41) is 12.0. The molecule has 2 heterocycles. The Labute approximate surface area is 103 Å². The van der Waals surface area contributed by atoms with Gasteiger partial charge in [-0.2, -0.15) is 4.98 Å². The van der Waals surface area contributed by atoms with Gasteiger partial charge < -0.3 is 10.4 Å². The molecule has 1 saturated carbocycles. The van der Waals surface area contributed by atoms with Crippen molar-refractivity contribution in [2.45, 2.75) is 18.9 Å². The third-order valence-corrected chi connectivity index (χ3v) is 2.62. The highest BCUT2D eigenvalue weighted by Crippen LogP contribution is 2.22. The van der Waals surface area contributed by atoms with Crippen LogP contribution in [0.25, 0.3) is 5.82 Å². The van der Waals surface area contributed by atoms with E-state index in [-0.39, 0.29) is 5.69 Å². The molecule has 2 aromatic rings. The van der Waals surface area contributed by atoms with Crippen LogP contribution in [0.3, 0.4) is 0 Å². The number of nitrogens with one attached hydrogen (secondary N) is 1. The van der Waals surface area contributed by atoms with Gasteiger partial charge in [-0.15, -0.1) is 0 Å². The summed E-state index contributed by atoms with van der Waals surface area (Å²) in [7, 11) is 0. The molecule has 0 radical (unpaired) electrons. The average Bonchev–Trinajstić information content (AvgIpc) is 3.03. The number of aromatic carboxylic acids is 1. The Bertz CT molecular complexity index is 591. The van der Waals surface area contributed by atoms with Gasteiger partial charge in [0.25, 0.3) is 0 Å². The molecule has 0 saturated heterocycles. The van der Waals surface area contributed by atoms with Gasteiger partial charge in [-0.25, -0.2) is 14.8 Å². The highest BCUT2D eigenvalue weighted by molar-refractivity contribution is 5.85. The summed E-state index contributed by atoms with van der Waals surface area (Å²) in [6.45, 7) is 0. The van der Waals surface area contributed by atoms with Crippen LogP contribution >= 0.6 is 0 Å². The minimum atomic E-state index is -1.06. The van der Waals surface area contributed by atoms with Gasteiger partial charge in [0.2, 0.25) is 5.95 Å². The van der Waals surface area contributed by atoms with Crippen LogP contribution in [0.4, 0.5) is 5.95 Å². The Kier molecular flexibility index (Phi) is 2.44. The fraction of sp³-hybridized carbons (Fsp3) is 0.273. The van der Waals surface area contributed by atoms with Crippen LogP contribution in [0.1, 0.15) is 23.3 Å².